The first-order valence-corrected chi connectivity index (χ1v) is 10.7. The van der Waals surface area contributed by atoms with Gasteiger partial charge >= 0.3 is 0 Å². The number of amides is 1. The number of hydrogen-bond acceptors (Lipinski definition) is 5. The molecule has 6 nitrogen and oxygen atoms in total. The molecule has 1 amide bonds. The maximum atomic E-state index is 12.9. The van der Waals surface area contributed by atoms with E-state index in [1.165, 1.54) is 16.9 Å². The van der Waals surface area contributed by atoms with Crippen LogP contribution in [0, 0.1) is 6.92 Å². The zero-order chi connectivity index (χ0) is 21.1. The monoisotopic (exact) mass is 418 g/mol. The van der Waals surface area contributed by atoms with E-state index in [0.717, 1.165) is 16.3 Å². The molecule has 0 aliphatic rings. The SMILES string of the molecule is CCN(Cc1nc2ccccc2c(=O)[nH]1)C(=O)Cc1csc(-c2cccc(C)c2)n1. The summed E-state index contributed by atoms with van der Waals surface area (Å²) >= 11 is 1.54. The predicted octanol–water partition coefficient (Wildman–Crippen LogP) is 3.95. The summed E-state index contributed by atoms with van der Waals surface area (Å²) in [5.74, 6) is 0.432. The second-order valence-electron chi connectivity index (χ2n) is 7.13. The minimum atomic E-state index is -0.193. The number of nitrogens with zero attached hydrogens (tertiary/aromatic N) is 3. The smallest absolute Gasteiger partial charge is 0.258 e. The Balaban J connectivity index is 1.49. The van der Waals surface area contributed by atoms with Crippen molar-refractivity contribution in [1.82, 2.24) is 19.9 Å². The number of aryl methyl sites for hydroxylation is 1. The number of aromatic nitrogens is 3. The summed E-state index contributed by atoms with van der Waals surface area (Å²) in [6.07, 6.45) is 0.216. The molecule has 0 radical (unpaired) electrons. The molecule has 0 saturated heterocycles. The molecule has 2 aromatic heterocycles. The summed E-state index contributed by atoms with van der Waals surface area (Å²) in [6, 6.07) is 15.4. The average molecular weight is 419 g/mol. The van der Waals surface area contributed by atoms with Crippen LogP contribution in [0.15, 0.2) is 58.7 Å². The van der Waals surface area contributed by atoms with E-state index in [9.17, 15) is 9.59 Å². The van der Waals surface area contributed by atoms with Crippen LogP contribution >= 0.6 is 11.3 Å². The molecule has 2 heterocycles. The molecule has 4 rings (SSSR count). The summed E-state index contributed by atoms with van der Waals surface area (Å²) in [4.78, 5) is 38.8. The van der Waals surface area contributed by atoms with Gasteiger partial charge in [0.25, 0.3) is 5.56 Å². The van der Waals surface area contributed by atoms with Crippen LogP contribution in [-0.2, 0) is 17.8 Å². The number of benzene rings is 2. The summed E-state index contributed by atoms with van der Waals surface area (Å²) in [5, 5.41) is 3.38. The summed E-state index contributed by atoms with van der Waals surface area (Å²) in [5.41, 5.74) is 3.42. The van der Waals surface area contributed by atoms with E-state index >= 15 is 0 Å². The summed E-state index contributed by atoms with van der Waals surface area (Å²) in [7, 11) is 0. The first-order chi connectivity index (χ1) is 14.5. The first-order valence-electron chi connectivity index (χ1n) is 9.80. The Morgan fingerprint density at radius 2 is 1.97 bits per heavy atom. The van der Waals surface area contributed by atoms with Crippen molar-refractivity contribution in [3.8, 4) is 10.6 Å². The molecule has 30 heavy (non-hydrogen) atoms. The Hall–Kier alpha value is -3.32. The fourth-order valence-electron chi connectivity index (χ4n) is 3.33. The molecule has 7 heteroatoms. The summed E-state index contributed by atoms with van der Waals surface area (Å²) < 4.78 is 0. The summed E-state index contributed by atoms with van der Waals surface area (Å²) in [6.45, 7) is 4.73. The zero-order valence-electron chi connectivity index (χ0n) is 16.9. The van der Waals surface area contributed by atoms with Crippen molar-refractivity contribution in [2.24, 2.45) is 0 Å². The lowest BCUT2D eigenvalue weighted by atomic mass is 10.1. The van der Waals surface area contributed by atoms with Gasteiger partial charge in [-0.25, -0.2) is 9.97 Å². The van der Waals surface area contributed by atoms with E-state index in [-0.39, 0.29) is 24.4 Å². The molecule has 0 spiro atoms. The van der Waals surface area contributed by atoms with E-state index in [1.807, 2.05) is 43.5 Å². The lowest BCUT2D eigenvalue weighted by molar-refractivity contribution is -0.131. The van der Waals surface area contributed by atoms with Gasteiger partial charge in [-0.3, -0.25) is 9.59 Å². The molecule has 0 unspecified atom stereocenters. The number of para-hydroxylation sites is 1. The molecule has 2 aromatic carbocycles. The number of thiazole rings is 1. The predicted molar refractivity (Wildman–Crippen MR) is 119 cm³/mol. The number of carbonyl (C=O) groups is 1. The quantitative estimate of drug-likeness (QED) is 0.514. The molecule has 0 atom stereocenters. The van der Waals surface area contributed by atoms with Crippen molar-refractivity contribution in [3.05, 3.63) is 81.3 Å². The fourth-order valence-corrected chi connectivity index (χ4v) is 4.15. The standard InChI is InChI=1S/C23H22N4O2S/c1-3-27(13-20-25-19-10-5-4-9-18(19)22(29)26-20)21(28)12-17-14-30-23(24-17)16-8-6-7-15(2)11-16/h4-11,14H,3,12-13H2,1-2H3,(H,25,26,29). The van der Waals surface area contributed by atoms with Gasteiger partial charge < -0.3 is 9.88 Å². The molecule has 1 N–H and O–H groups in total. The van der Waals surface area contributed by atoms with Crippen LogP contribution in [0.1, 0.15) is 24.0 Å². The third-order valence-electron chi connectivity index (χ3n) is 4.89. The number of likely N-dealkylation sites (N-methyl/N-ethyl adjacent to an activating group) is 1. The van der Waals surface area contributed by atoms with Crippen molar-refractivity contribution in [2.45, 2.75) is 26.8 Å². The highest BCUT2D eigenvalue weighted by molar-refractivity contribution is 7.13. The maximum Gasteiger partial charge on any atom is 0.258 e. The van der Waals surface area contributed by atoms with Gasteiger partial charge in [0.1, 0.15) is 10.8 Å². The lowest BCUT2D eigenvalue weighted by Gasteiger charge is -2.20. The van der Waals surface area contributed by atoms with E-state index in [2.05, 4.69) is 21.0 Å². The van der Waals surface area contributed by atoms with Crippen molar-refractivity contribution in [2.75, 3.05) is 6.54 Å². The lowest BCUT2D eigenvalue weighted by Crippen LogP contribution is -2.33. The van der Waals surface area contributed by atoms with Crippen molar-refractivity contribution < 1.29 is 4.79 Å². The Labute approximate surface area is 178 Å². The van der Waals surface area contributed by atoms with Crippen LogP contribution in [0.5, 0.6) is 0 Å². The molecule has 4 aromatic rings. The number of nitrogens with one attached hydrogen (secondary N) is 1. The molecule has 0 saturated carbocycles. The number of carbonyl (C=O) groups excluding carboxylic acids is 1. The van der Waals surface area contributed by atoms with E-state index < -0.39 is 0 Å². The second kappa shape index (κ2) is 8.59. The molecule has 0 fully saturated rings. The van der Waals surface area contributed by atoms with Crippen LogP contribution in [0.3, 0.4) is 0 Å². The second-order valence-corrected chi connectivity index (χ2v) is 7.99. The van der Waals surface area contributed by atoms with E-state index in [4.69, 9.17) is 0 Å². The number of fused-ring (bicyclic) bond motifs is 1. The van der Waals surface area contributed by atoms with Crippen LogP contribution in [0.2, 0.25) is 0 Å². The van der Waals surface area contributed by atoms with Crippen LogP contribution in [-0.4, -0.2) is 32.3 Å². The van der Waals surface area contributed by atoms with Crippen molar-refractivity contribution in [1.29, 1.82) is 0 Å². The maximum absolute atomic E-state index is 12.9. The average Bonchev–Trinajstić information content (AvgIpc) is 3.20. The first kappa shape index (κ1) is 20.0. The topological polar surface area (TPSA) is 79.0 Å². The van der Waals surface area contributed by atoms with Gasteiger partial charge in [0.2, 0.25) is 5.91 Å². The van der Waals surface area contributed by atoms with Gasteiger partial charge in [0, 0.05) is 17.5 Å². The van der Waals surface area contributed by atoms with Gasteiger partial charge in [0.05, 0.1) is 29.6 Å². The third kappa shape index (κ3) is 4.31. The van der Waals surface area contributed by atoms with Crippen molar-refractivity contribution >= 4 is 28.1 Å². The van der Waals surface area contributed by atoms with Gasteiger partial charge in [-0.1, -0.05) is 35.9 Å². The van der Waals surface area contributed by atoms with Crippen molar-refractivity contribution in [3.63, 3.8) is 0 Å². The zero-order valence-corrected chi connectivity index (χ0v) is 17.7. The number of H-pyrrole nitrogens is 1. The van der Waals surface area contributed by atoms with Gasteiger partial charge in [0.15, 0.2) is 0 Å². The number of hydrogen-bond donors (Lipinski definition) is 1. The minimum Gasteiger partial charge on any atom is -0.335 e. The molecule has 152 valence electrons. The van der Waals surface area contributed by atoms with E-state index in [0.29, 0.717) is 23.3 Å². The van der Waals surface area contributed by atoms with Crippen LogP contribution < -0.4 is 5.56 Å². The van der Waals surface area contributed by atoms with Crippen LogP contribution in [0.4, 0.5) is 0 Å². The highest BCUT2D eigenvalue weighted by atomic mass is 32.1. The third-order valence-corrected chi connectivity index (χ3v) is 5.83. The molecule has 0 aliphatic heterocycles. The molecule has 0 bridgehead atoms. The molecular formula is C23H22N4O2S. The van der Waals surface area contributed by atoms with Gasteiger partial charge in [-0.15, -0.1) is 11.3 Å². The fraction of sp³-hybridized carbons (Fsp3) is 0.217. The van der Waals surface area contributed by atoms with Gasteiger partial charge in [-0.2, -0.15) is 0 Å². The Kier molecular flexibility index (Phi) is 5.72. The van der Waals surface area contributed by atoms with Crippen LogP contribution in [0.25, 0.3) is 21.5 Å². The Morgan fingerprint density at radius 3 is 2.77 bits per heavy atom. The highest BCUT2D eigenvalue weighted by Crippen LogP contribution is 2.24. The Bertz CT molecular complexity index is 1260. The number of rotatable bonds is 6. The number of aromatic amines is 1. The Morgan fingerprint density at radius 1 is 1.13 bits per heavy atom. The van der Waals surface area contributed by atoms with Gasteiger partial charge in [-0.05, 0) is 32.0 Å². The largest absolute Gasteiger partial charge is 0.335 e. The normalized spacial score (nSPS) is 11.0. The molecule has 0 aliphatic carbocycles. The molecular weight excluding hydrogens is 396 g/mol. The minimum absolute atomic E-state index is 0.0469. The highest BCUT2D eigenvalue weighted by Gasteiger charge is 2.17. The van der Waals surface area contributed by atoms with E-state index in [1.54, 1.807) is 23.1 Å².